The minimum absolute atomic E-state index is 0.0286. The van der Waals surface area contributed by atoms with Crippen molar-refractivity contribution in [2.75, 3.05) is 20.2 Å². The van der Waals surface area contributed by atoms with Gasteiger partial charge in [-0.3, -0.25) is 4.79 Å². The highest BCUT2D eigenvalue weighted by molar-refractivity contribution is 5.96. The summed E-state index contributed by atoms with van der Waals surface area (Å²) in [6.45, 7) is 7.02. The molecule has 1 N–H and O–H groups in total. The predicted molar refractivity (Wildman–Crippen MR) is 137 cm³/mol. The second-order valence-corrected chi connectivity index (χ2v) is 10.6. The molecule has 3 aliphatic rings. The summed E-state index contributed by atoms with van der Waals surface area (Å²) in [5.74, 6) is 1.53. The highest BCUT2D eigenvalue weighted by Crippen LogP contribution is 2.47. The van der Waals surface area contributed by atoms with Crippen LogP contribution in [-0.2, 0) is 0 Å². The zero-order valence-electron chi connectivity index (χ0n) is 21.2. The van der Waals surface area contributed by atoms with E-state index in [-0.39, 0.29) is 5.91 Å². The van der Waals surface area contributed by atoms with Crippen molar-refractivity contribution in [3.63, 3.8) is 0 Å². The van der Waals surface area contributed by atoms with Gasteiger partial charge in [-0.15, -0.1) is 0 Å². The zero-order chi connectivity index (χ0) is 24.6. The van der Waals surface area contributed by atoms with E-state index in [1.54, 1.807) is 19.2 Å². The Morgan fingerprint density at radius 3 is 2.74 bits per heavy atom. The van der Waals surface area contributed by atoms with E-state index in [1.807, 2.05) is 36.9 Å². The maximum absolute atomic E-state index is 13.9. The molecule has 2 unspecified atom stereocenters. The Morgan fingerprint density at radius 2 is 2.00 bits per heavy atom. The Hall–Kier alpha value is -2.99. The van der Waals surface area contributed by atoms with E-state index >= 15 is 0 Å². The van der Waals surface area contributed by atoms with Crippen molar-refractivity contribution in [1.82, 2.24) is 10.2 Å². The Bertz CT molecular complexity index is 1100. The lowest BCUT2D eigenvalue weighted by Crippen LogP contribution is -2.43. The lowest BCUT2D eigenvalue weighted by Gasteiger charge is -2.27. The molecule has 186 valence electrons. The molecular formula is C29H36N2O4. The van der Waals surface area contributed by atoms with Crippen LogP contribution >= 0.6 is 0 Å². The molecule has 2 heterocycles. The van der Waals surface area contributed by atoms with Crippen LogP contribution in [0.15, 0.2) is 48.0 Å². The summed E-state index contributed by atoms with van der Waals surface area (Å²) in [4.78, 5) is 15.9. The molecule has 0 aromatic heterocycles. The molecule has 1 saturated carbocycles. The first kappa shape index (κ1) is 23.7. The van der Waals surface area contributed by atoms with Crippen LogP contribution in [-0.4, -0.2) is 48.9 Å². The first-order valence-corrected chi connectivity index (χ1v) is 12.7. The van der Waals surface area contributed by atoms with Crippen LogP contribution < -0.4 is 19.5 Å². The number of benzene rings is 2. The molecular weight excluding hydrogens is 440 g/mol. The fourth-order valence-corrected chi connectivity index (χ4v) is 5.81. The Kier molecular flexibility index (Phi) is 6.49. The summed E-state index contributed by atoms with van der Waals surface area (Å²) >= 11 is 0. The SMILES string of the molecule is COc1cc(C(=O)N(CC(C)=Cc2ccccc2)C[C@@H]2CC3CCCC3N2)cc2c1OC(C)(C)O2. The van der Waals surface area contributed by atoms with Crippen LogP contribution in [0, 0.1) is 5.92 Å². The van der Waals surface area contributed by atoms with Gasteiger partial charge in [0, 0.05) is 44.6 Å². The number of carbonyl (C=O) groups excluding carboxylic acids is 1. The lowest BCUT2D eigenvalue weighted by atomic mass is 10.0. The van der Waals surface area contributed by atoms with Gasteiger partial charge in [-0.05, 0) is 49.8 Å². The quantitative estimate of drug-likeness (QED) is 0.589. The molecule has 2 aromatic carbocycles. The van der Waals surface area contributed by atoms with Crippen LogP contribution in [0.1, 0.15) is 62.4 Å². The number of hydrogen-bond acceptors (Lipinski definition) is 5. The highest BCUT2D eigenvalue weighted by atomic mass is 16.7. The molecule has 2 fully saturated rings. The van der Waals surface area contributed by atoms with Crippen LogP contribution in [0.5, 0.6) is 17.2 Å². The fraction of sp³-hybridized carbons (Fsp3) is 0.483. The number of nitrogens with one attached hydrogen (secondary N) is 1. The average Bonchev–Trinajstić information content (AvgIpc) is 3.50. The van der Waals surface area contributed by atoms with E-state index in [0.29, 0.717) is 48.0 Å². The van der Waals surface area contributed by atoms with E-state index < -0.39 is 5.79 Å². The second kappa shape index (κ2) is 9.57. The van der Waals surface area contributed by atoms with Crippen molar-refractivity contribution in [3.8, 4) is 17.2 Å². The lowest BCUT2D eigenvalue weighted by molar-refractivity contribution is -0.0439. The summed E-state index contributed by atoms with van der Waals surface area (Å²) in [5, 5.41) is 3.80. The first-order chi connectivity index (χ1) is 16.8. The highest BCUT2D eigenvalue weighted by Gasteiger charge is 2.39. The van der Waals surface area contributed by atoms with Crippen molar-refractivity contribution in [2.24, 2.45) is 5.92 Å². The van der Waals surface area contributed by atoms with Crippen LogP contribution in [0.4, 0.5) is 0 Å². The summed E-state index contributed by atoms with van der Waals surface area (Å²) in [6, 6.07) is 14.7. The number of amides is 1. The van der Waals surface area contributed by atoms with E-state index in [0.717, 1.165) is 23.5 Å². The summed E-state index contributed by atoms with van der Waals surface area (Å²) in [6.07, 6.45) is 7.14. The van der Waals surface area contributed by atoms with Crippen LogP contribution in [0.25, 0.3) is 6.08 Å². The van der Waals surface area contributed by atoms with Crippen molar-refractivity contribution >= 4 is 12.0 Å². The average molecular weight is 477 g/mol. The van der Waals surface area contributed by atoms with Crippen molar-refractivity contribution in [3.05, 3.63) is 59.2 Å². The van der Waals surface area contributed by atoms with Gasteiger partial charge in [0.2, 0.25) is 11.5 Å². The van der Waals surface area contributed by atoms with Crippen molar-refractivity contribution in [2.45, 2.75) is 64.3 Å². The molecule has 6 nitrogen and oxygen atoms in total. The standard InChI is InChI=1S/C29H36N2O4/c1-19(13-20-9-6-5-7-10-20)17-31(18-23-14-21-11-8-12-24(21)30-23)28(32)22-15-25(33-4)27-26(16-22)34-29(2,3)35-27/h5-7,9-10,13,15-16,21,23-24,30H,8,11-12,14,17-18H2,1-4H3/t21?,23-,24?/m0/s1. The second-order valence-electron chi connectivity index (χ2n) is 10.6. The summed E-state index contributed by atoms with van der Waals surface area (Å²) in [5.41, 5.74) is 2.82. The molecule has 3 atom stereocenters. The summed E-state index contributed by atoms with van der Waals surface area (Å²) in [7, 11) is 1.59. The monoisotopic (exact) mass is 476 g/mol. The molecule has 0 bridgehead atoms. The van der Waals surface area contributed by atoms with Gasteiger partial charge in [0.1, 0.15) is 0 Å². The van der Waals surface area contributed by atoms with Gasteiger partial charge >= 0.3 is 0 Å². The van der Waals surface area contributed by atoms with Crippen LogP contribution in [0.2, 0.25) is 0 Å². The number of fused-ring (bicyclic) bond motifs is 2. The van der Waals surface area contributed by atoms with E-state index in [1.165, 1.54) is 19.3 Å². The number of nitrogens with zero attached hydrogens (tertiary/aromatic N) is 1. The van der Waals surface area contributed by atoms with E-state index in [2.05, 4.69) is 30.4 Å². The zero-order valence-corrected chi connectivity index (χ0v) is 21.2. The number of carbonyl (C=O) groups is 1. The topological polar surface area (TPSA) is 60.0 Å². The molecule has 35 heavy (non-hydrogen) atoms. The number of ether oxygens (including phenoxy) is 3. The number of methoxy groups -OCH3 is 1. The summed E-state index contributed by atoms with van der Waals surface area (Å²) < 4.78 is 17.4. The van der Waals surface area contributed by atoms with E-state index in [9.17, 15) is 4.79 Å². The molecule has 1 amide bonds. The molecule has 1 aliphatic carbocycles. The van der Waals surface area contributed by atoms with Crippen molar-refractivity contribution < 1.29 is 19.0 Å². The third-order valence-corrected chi connectivity index (χ3v) is 7.27. The predicted octanol–water partition coefficient (Wildman–Crippen LogP) is 5.28. The molecule has 6 heteroatoms. The van der Waals surface area contributed by atoms with Gasteiger partial charge in [-0.25, -0.2) is 0 Å². The Labute approximate surface area is 208 Å². The van der Waals surface area contributed by atoms with Crippen LogP contribution in [0.3, 0.4) is 0 Å². The minimum Gasteiger partial charge on any atom is -0.493 e. The fourth-order valence-electron chi connectivity index (χ4n) is 5.81. The molecule has 2 aromatic rings. The van der Waals surface area contributed by atoms with E-state index in [4.69, 9.17) is 14.2 Å². The molecule has 5 rings (SSSR count). The van der Waals surface area contributed by atoms with Gasteiger partial charge in [0.25, 0.3) is 5.91 Å². The van der Waals surface area contributed by atoms with Crippen molar-refractivity contribution in [1.29, 1.82) is 0 Å². The molecule has 1 saturated heterocycles. The third-order valence-electron chi connectivity index (χ3n) is 7.27. The van der Waals surface area contributed by atoms with Gasteiger partial charge in [-0.1, -0.05) is 48.4 Å². The number of rotatable bonds is 7. The third kappa shape index (κ3) is 5.18. The largest absolute Gasteiger partial charge is 0.493 e. The molecule has 0 spiro atoms. The van der Waals surface area contributed by atoms with Gasteiger partial charge in [0.15, 0.2) is 11.5 Å². The van der Waals surface area contributed by atoms with Gasteiger partial charge < -0.3 is 24.4 Å². The molecule has 0 radical (unpaired) electrons. The smallest absolute Gasteiger partial charge is 0.254 e. The number of hydrogen-bond donors (Lipinski definition) is 1. The maximum atomic E-state index is 13.9. The maximum Gasteiger partial charge on any atom is 0.254 e. The Morgan fingerprint density at radius 1 is 1.20 bits per heavy atom. The van der Waals surface area contributed by atoms with Gasteiger partial charge in [0.05, 0.1) is 7.11 Å². The normalized spacial score (nSPS) is 24.3. The Balaban J connectivity index is 1.41. The minimum atomic E-state index is -0.794. The van der Waals surface area contributed by atoms with Gasteiger partial charge in [-0.2, -0.15) is 0 Å². The molecule has 2 aliphatic heterocycles. The first-order valence-electron chi connectivity index (χ1n) is 12.7.